The van der Waals surface area contributed by atoms with E-state index in [9.17, 15) is 9.59 Å². The summed E-state index contributed by atoms with van der Waals surface area (Å²) in [6, 6.07) is 8.85. The highest BCUT2D eigenvalue weighted by Crippen LogP contribution is 2.16. The van der Waals surface area contributed by atoms with Gasteiger partial charge in [-0.1, -0.05) is 18.2 Å². The van der Waals surface area contributed by atoms with Gasteiger partial charge in [-0.3, -0.25) is 9.78 Å². The average molecular weight is 258 g/mol. The summed E-state index contributed by atoms with van der Waals surface area (Å²) < 4.78 is 0. The van der Waals surface area contributed by atoms with Gasteiger partial charge in [0.15, 0.2) is 0 Å². The molecule has 1 heterocycles. The minimum absolute atomic E-state index is 0.368. The largest absolute Gasteiger partial charge is 0.480 e. The van der Waals surface area contributed by atoms with E-state index < -0.39 is 17.4 Å². The van der Waals surface area contributed by atoms with Gasteiger partial charge in [-0.25, -0.2) is 4.79 Å². The van der Waals surface area contributed by atoms with Crippen molar-refractivity contribution in [3.63, 3.8) is 0 Å². The number of rotatable bonds is 3. The number of nitrogens with zero attached hydrogens (tertiary/aromatic N) is 1. The summed E-state index contributed by atoms with van der Waals surface area (Å²) in [6.07, 6.45) is 1.60. The van der Waals surface area contributed by atoms with Crippen LogP contribution in [0, 0.1) is 0 Å². The number of fused-ring (bicyclic) bond motifs is 1. The Hall–Kier alpha value is -2.43. The molecule has 5 heteroatoms. The van der Waals surface area contributed by atoms with Crippen LogP contribution in [-0.2, 0) is 4.79 Å². The molecule has 0 aliphatic rings. The monoisotopic (exact) mass is 258 g/mol. The van der Waals surface area contributed by atoms with Crippen LogP contribution in [0.15, 0.2) is 36.5 Å². The highest BCUT2D eigenvalue weighted by Gasteiger charge is 2.29. The summed E-state index contributed by atoms with van der Waals surface area (Å²) in [7, 11) is 0. The summed E-state index contributed by atoms with van der Waals surface area (Å²) in [6.45, 7) is 2.87. The van der Waals surface area contributed by atoms with E-state index in [4.69, 9.17) is 5.11 Å². The van der Waals surface area contributed by atoms with Gasteiger partial charge in [-0.15, -0.1) is 0 Å². The van der Waals surface area contributed by atoms with E-state index in [1.807, 2.05) is 12.1 Å². The predicted molar refractivity (Wildman–Crippen MR) is 70.9 cm³/mol. The number of nitrogens with one attached hydrogen (secondary N) is 1. The lowest BCUT2D eigenvalue weighted by atomic mass is 10.0. The molecule has 0 unspecified atom stereocenters. The molecule has 0 atom stereocenters. The SMILES string of the molecule is CC(C)(NC(=O)c1cccc2cccnc12)C(=O)O. The van der Waals surface area contributed by atoms with Crippen molar-refractivity contribution in [2.24, 2.45) is 0 Å². The Kier molecular flexibility index (Phi) is 3.21. The fraction of sp³-hybridized carbons (Fsp3) is 0.214. The van der Waals surface area contributed by atoms with Crippen molar-refractivity contribution in [2.45, 2.75) is 19.4 Å². The Labute approximate surface area is 110 Å². The van der Waals surface area contributed by atoms with Gasteiger partial charge < -0.3 is 10.4 Å². The molecule has 0 saturated heterocycles. The third-order valence-corrected chi connectivity index (χ3v) is 2.84. The van der Waals surface area contributed by atoms with Crippen LogP contribution < -0.4 is 5.32 Å². The molecule has 0 bridgehead atoms. The third kappa shape index (κ3) is 2.54. The topological polar surface area (TPSA) is 79.3 Å². The number of carbonyl (C=O) groups is 2. The number of para-hydroxylation sites is 1. The molecule has 98 valence electrons. The van der Waals surface area contributed by atoms with Gasteiger partial charge in [0.25, 0.3) is 5.91 Å². The summed E-state index contributed by atoms with van der Waals surface area (Å²) in [5, 5.41) is 12.3. The van der Waals surface area contributed by atoms with E-state index >= 15 is 0 Å². The van der Waals surface area contributed by atoms with Gasteiger partial charge in [0.2, 0.25) is 0 Å². The molecule has 2 N–H and O–H groups in total. The second-order valence-corrected chi connectivity index (χ2v) is 4.76. The van der Waals surface area contributed by atoms with Crippen LogP contribution >= 0.6 is 0 Å². The van der Waals surface area contributed by atoms with Crippen molar-refractivity contribution in [2.75, 3.05) is 0 Å². The van der Waals surface area contributed by atoms with Gasteiger partial charge in [0, 0.05) is 11.6 Å². The van der Waals surface area contributed by atoms with E-state index in [0.29, 0.717) is 11.1 Å². The second kappa shape index (κ2) is 4.68. The molecule has 2 rings (SSSR count). The maximum absolute atomic E-state index is 12.2. The normalized spacial score (nSPS) is 11.3. The van der Waals surface area contributed by atoms with Crippen LogP contribution in [0.1, 0.15) is 24.2 Å². The zero-order valence-electron chi connectivity index (χ0n) is 10.7. The standard InChI is InChI=1S/C14H14N2O3/c1-14(2,13(18)19)16-12(17)10-7-3-5-9-6-4-8-15-11(9)10/h3-8H,1-2H3,(H,16,17)(H,18,19). The smallest absolute Gasteiger partial charge is 0.328 e. The maximum Gasteiger partial charge on any atom is 0.328 e. The number of carbonyl (C=O) groups excluding carboxylic acids is 1. The molecular weight excluding hydrogens is 244 g/mol. The molecule has 1 amide bonds. The van der Waals surface area contributed by atoms with Crippen molar-refractivity contribution in [3.8, 4) is 0 Å². The second-order valence-electron chi connectivity index (χ2n) is 4.76. The lowest BCUT2D eigenvalue weighted by molar-refractivity contribution is -0.143. The Bertz CT molecular complexity index is 645. The molecule has 5 nitrogen and oxygen atoms in total. The van der Waals surface area contributed by atoms with Gasteiger partial charge >= 0.3 is 5.97 Å². The number of carboxylic acid groups (broad SMARTS) is 1. The summed E-state index contributed by atoms with van der Waals surface area (Å²) in [5.74, 6) is -1.54. The van der Waals surface area contributed by atoms with Crippen LogP contribution in [0.5, 0.6) is 0 Å². The molecule has 1 aromatic carbocycles. The number of amides is 1. The number of aliphatic carboxylic acids is 1. The highest BCUT2D eigenvalue weighted by atomic mass is 16.4. The van der Waals surface area contributed by atoms with Crippen LogP contribution in [0.3, 0.4) is 0 Å². The van der Waals surface area contributed by atoms with E-state index in [0.717, 1.165) is 5.39 Å². The molecule has 0 aliphatic heterocycles. The molecule has 2 aromatic rings. The minimum atomic E-state index is -1.33. The van der Waals surface area contributed by atoms with Crippen LogP contribution in [-0.4, -0.2) is 27.5 Å². The molecule has 1 aromatic heterocycles. The Morgan fingerprint density at radius 1 is 1.21 bits per heavy atom. The number of carboxylic acids is 1. The molecule has 0 saturated carbocycles. The zero-order valence-corrected chi connectivity index (χ0v) is 10.7. The maximum atomic E-state index is 12.2. The summed E-state index contributed by atoms with van der Waals surface area (Å²) >= 11 is 0. The lowest BCUT2D eigenvalue weighted by Gasteiger charge is -2.21. The van der Waals surface area contributed by atoms with Gasteiger partial charge in [-0.2, -0.15) is 0 Å². The van der Waals surface area contributed by atoms with Crippen molar-refractivity contribution in [3.05, 3.63) is 42.1 Å². The van der Waals surface area contributed by atoms with Crippen LogP contribution in [0.25, 0.3) is 10.9 Å². The quantitative estimate of drug-likeness (QED) is 0.880. The molecule has 0 radical (unpaired) electrons. The number of hydrogen-bond donors (Lipinski definition) is 2. The Balaban J connectivity index is 2.40. The van der Waals surface area contributed by atoms with Crippen molar-refractivity contribution in [1.29, 1.82) is 0 Å². The van der Waals surface area contributed by atoms with Crippen molar-refractivity contribution < 1.29 is 14.7 Å². The molecule has 0 aliphatic carbocycles. The van der Waals surface area contributed by atoms with Crippen molar-refractivity contribution >= 4 is 22.8 Å². The van der Waals surface area contributed by atoms with Crippen LogP contribution in [0.2, 0.25) is 0 Å². The summed E-state index contributed by atoms with van der Waals surface area (Å²) in [4.78, 5) is 27.4. The molecular formula is C14H14N2O3. The first-order chi connectivity index (χ1) is 8.92. The van der Waals surface area contributed by atoms with E-state index in [-0.39, 0.29) is 0 Å². The first-order valence-electron chi connectivity index (χ1n) is 5.81. The van der Waals surface area contributed by atoms with E-state index in [1.165, 1.54) is 13.8 Å². The number of benzene rings is 1. The highest BCUT2D eigenvalue weighted by molar-refractivity contribution is 6.06. The number of hydrogen-bond acceptors (Lipinski definition) is 3. The zero-order chi connectivity index (χ0) is 14.0. The Morgan fingerprint density at radius 3 is 2.58 bits per heavy atom. The minimum Gasteiger partial charge on any atom is -0.480 e. The first-order valence-corrected chi connectivity index (χ1v) is 5.81. The van der Waals surface area contributed by atoms with E-state index in [2.05, 4.69) is 10.3 Å². The lowest BCUT2D eigenvalue weighted by Crippen LogP contribution is -2.49. The number of pyridine rings is 1. The Morgan fingerprint density at radius 2 is 1.89 bits per heavy atom. The van der Waals surface area contributed by atoms with Gasteiger partial charge in [-0.05, 0) is 26.0 Å². The fourth-order valence-electron chi connectivity index (χ4n) is 1.69. The van der Waals surface area contributed by atoms with Crippen molar-refractivity contribution in [1.82, 2.24) is 10.3 Å². The third-order valence-electron chi connectivity index (χ3n) is 2.84. The first kappa shape index (κ1) is 13.0. The summed E-state index contributed by atoms with van der Waals surface area (Å²) in [5.41, 5.74) is -0.398. The van der Waals surface area contributed by atoms with E-state index in [1.54, 1.807) is 24.4 Å². The van der Waals surface area contributed by atoms with Gasteiger partial charge in [0.1, 0.15) is 5.54 Å². The number of aromatic nitrogens is 1. The molecule has 0 fully saturated rings. The fourth-order valence-corrected chi connectivity index (χ4v) is 1.69. The average Bonchev–Trinajstić information content (AvgIpc) is 2.37. The molecule has 0 spiro atoms. The van der Waals surface area contributed by atoms with Gasteiger partial charge in [0.05, 0.1) is 11.1 Å². The molecule has 19 heavy (non-hydrogen) atoms. The predicted octanol–water partition coefficient (Wildman–Crippen LogP) is 1.83. The van der Waals surface area contributed by atoms with Crippen LogP contribution in [0.4, 0.5) is 0 Å².